The van der Waals surface area contributed by atoms with E-state index < -0.39 is 12.4 Å². The summed E-state index contributed by atoms with van der Waals surface area (Å²) in [5.41, 5.74) is -0.609. The molecule has 0 amide bonds. The molecule has 90 valence electrons. The maximum atomic E-state index is 12.4. The van der Waals surface area contributed by atoms with Gasteiger partial charge in [-0.15, -0.1) is 5.46 Å². The second-order valence-corrected chi connectivity index (χ2v) is 4.18. The molecule has 0 spiro atoms. The monoisotopic (exact) mass is 270 g/mol. The van der Waals surface area contributed by atoms with Crippen molar-refractivity contribution in [3.05, 3.63) is 24.3 Å². The third-order valence-corrected chi connectivity index (χ3v) is 2.20. The molecule has 0 N–H and O–H groups in total. The molecular formula is C11H15BF3KO. The number of benzene rings is 1. The van der Waals surface area contributed by atoms with Crippen molar-refractivity contribution in [3.63, 3.8) is 0 Å². The molecule has 0 aromatic heterocycles. The van der Waals surface area contributed by atoms with Crippen LogP contribution in [0.1, 0.15) is 20.3 Å². The first kappa shape index (κ1) is 17.5. The number of hydrogen-bond donors (Lipinski definition) is 0. The minimum absolute atomic E-state index is 0. The summed E-state index contributed by atoms with van der Waals surface area (Å²) in [6, 6.07) is 5.04. The zero-order chi connectivity index (χ0) is 12.2. The van der Waals surface area contributed by atoms with Crippen molar-refractivity contribution in [1.29, 1.82) is 0 Å². The van der Waals surface area contributed by atoms with Crippen LogP contribution in [0.25, 0.3) is 0 Å². The van der Waals surface area contributed by atoms with Crippen LogP contribution in [0.4, 0.5) is 12.9 Å². The Balaban J connectivity index is 0.00000256. The summed E-state index contributed by atoms with van der Waals surface area (Å²) in [5.74, 6) is 0.771. The predicted molar refractivity (Wildman–Crippen MR) is 60.1 cm³/mol. The fourth-order valence-electron chi connectivity index (χ4n) is 1.22. The summed E-state index contributed by atoms with van der Waals surface area (Å²) in [4.78, 5) is 0. The van der Waals surface area contributed by atoms with Gasteiger partial charge in [-0.05, 0) is 24.5 Å². The standard InChI is InChI=1S/C11H15BF3O.K/c1-9(2)6-7-16-11-5-3-4-10(8-11)12(13,14)15;/h3-5,8-9H,6-7H2,1-2H3;/q-1;+1. The van der Waals surface area contributed by atoms with Crippen LogP contribution in [0.2, 0.25) is 0 Å². The normalized spacial score (nSPS) is 11.2. The number of ether oxygens (including phenoxy) is 1. The molecular weight excluding hydrogens is 255 g/mol. The molecule has 0 heterocycles. The van der Waals surface area contributed by atoms with Crippen molar-refractivity contribution in [2.45, 2.75) is 20.3 Å². The van der Waals surface area contributed by atoms with E-state index in [0.29, 0.717) is 12.5 Å². The third-order valence-electron chi connectivity index (χ3n) is 2.20. The Hall–Kier alpha value is 0.511. The molecule has 0 bridgehead atoms. The van der Waals surface area contributed by atoms with Crippen molar-refractivity contribution < 1.29 is 69.1 Å². The topological polar surface area (TPSA) is 9.23 Å². The van der Waals surface area contributed by atoms with E-state index in [0.717, 1.165) is 18.6 Å². The maximum Gasteiger partial charge on any atom is 1.00 e. The maximum absolute atomic E-state index is 12.4. The van der Waals surface area contributed by atoms with Crippen LogP contribution < -0.4 is 61.6 Å². The molecule has 0 aliphatic carbocycles. The van der Waals surface area contributed by atoms with Crippen molar-refractivity contribution in [1.82, 2.24) is 0 Å². The van der Waals surface area contributed by atoms with Gasteiger partial charge in [-0.3, -0.25) is 0 Å². The summed E-state index contributed by atoms with van der Waals surface area (Å²) in [5, 5.41) is 0. The molecule has 17 heavy (non-hydrogen) atoms. The molecule has 1 aromatic carbocycles. The molecule has 0 radical (unpaired) electrons. The Kier molecular flexibility index (Phi) is 8.08. The number of hydrogen-bond acceptors (Lipinski definition) is 1. The Labute approximate surface area is 143 Å². The first-order valence-electron chi connectivity index (χ1n) is 5.32. The van der Waals surface area contributed by atoms with E-state index in [1.54, 1.807) is 6.07 Å². The molecule has 0 aliphatic heterocycles. The van der Waals surface area contributed by atoms with Gasteiger partial charge in [0.15, 0.2) is 0 Å². The van der Waals surface area contributed by atoms with E-state index in [4.69, 9.17) is 4.74 Å². The SMILES string of the molecule is CC(C)CCOc1cccc([B-](F)(F)F)c1.[K+]. The fraction of sp³-hybridized carbons (Fsp3) is 0.455. The quantitative estimate of drug-likeness (QED) is 0.693. The Bertz CT molecular complexity index is 342. The summed E-state index contributed by atoms with van der Waals surface area (Å²) in [7, 11) is 0. The molecule has 0 saturated heterocycles. The molecule has 1 aromatic rings. The molecule has 0 atom stereocenters. The van der Waals surface area contributed by atoms with Crippen molar-refractivity contribution in [3.8, 4) is 5.75 Å². The van der Waals surface area contributed by atoms with E-state index >= 15 is 0 Å². The molecule has 0 fully saturated rings. The van der Waals surface area contributed by atoms with Gasteiger partial charge in [0, 0.05) is 0 Å². The predicted octanol–water partition coefficient (Wildman–Crippen LogP) is 0.170. The number of halogens is 3. The van der Waals surface area contributed by atoms with Crippen molar-refractivity contribution >= 4 is 12.4 Å². The van der Waals surface area contributed by atoms with E-state index in [1.165, 1.54) is 6.07 Å². The van der Waals surface area contributed by atoms with E-state index in [-0.39, 0.29) is 57.1 Å². The van der Waals surface area contributed by atoms with Gasteiger partial charge in [-0.1, -0.05) is 26.0 Å². The van der Waals surface area contributed by atoms with Crippen LogP contribution in [0, 0.1) is 5.92 Å². The molecule has 1 nitrogen and oxygen atoms in total. The second-order valence-electron chi connectivity index (χ2n) is 4.18. The van der Waals surface area contributed by atoms with Crippen LogP contribution in [0.5, 0.6) is 5.75 Å². The van der Waals surface area contributed by atoms with Gasteiger partial charge >= 0.3 is 58.4 Å². The summed E-state index contributed by atoms with van der Waals surface area (Å²) in [6.07, 6.45) is 0.835. The van der Waals surface area contributed by atoms with Crippen LogP contribution in [0.15, 0.2) is 24.3 Å². The minimum Gasteiger partial charge on any atom is -0.494 e. The van der Waals surface area contributed by atoms with Gasteiger partial charge in [-0.25, -0.2) is 0 Å². The van der Waals surface area contributed by atoms with Crippen molar-refractivity contribution in [2.24, 2.45) is 5.92 Å². The molecule has 1 rings (SSSR count). The van der Waals surface area contributed by atoms with E-state index in [2.05, 4.69) is 0 Å². The van der Waals surface area contributed by atoms with Crippen LogP contribution in [0.3, 0.4) is 0 Å². The van der Waals surface area contributed by atoms with Gasteiger partial charge in [0.2, 0.25) is 0 Å². The first-order valence-corrected chi connectivity index (χ1v) is 5.32. The molecule has 0 unspecified atom stereocenters. The molecule has 0 aliphatic rings. The Morgan fingerprint density at radius 3 is 2.41 bits per heavy atom. The average molecular weight is 270 g/mol. The van der Waals surface area contributed by atoms with Crippen LogP contribution >= 0.6 is 0 Å². The average Bonchev–Trinajstić information content (AvgIpc) is 2.16. The zero-order valence-corrected chi connectivity index (χ0v) is 13.5. The fourth-order valence-corrected chi connectivity index (χ4v) is 1.22. The smallest absolute Gasteiger partial charge is 0.494 e. The van der Waals surface area contributed by atoms with Gasteiger partial charge < -0.3 is 17.7 Å². The van der Waals surface area contributed by atoms with E-state index in [1.807, 2.05) is 13.8 Å². The van der Waals surface area contributed by atoms with E-state index in [9.17, 15) is 12.9 Å². The largest absolute Gasteiger partial charge is 1.00 e. The molecule has 0 saturated carbocycles. The zero-order valence-electron chi connectivity index (χ0n) is 10.4. The Morgan fingerprint density at radius 2 is 1.88 bits per heavy atom. The van der Waals surface area contributed by atoms with Crippen LogP contribution in [-0.2, 0) is 0 Å². The molecule has 6 heteroatoms. The first-order chi connectivity index (χ1) is 7.39. The summed E-state index contributed by atoms with van der Waals surface area (Å²) in [6.45, 7) is -0.406. The van der Waals surface area contributed by atoms with Crippen molar-refractivity contribution in [2.75, 3.05) is 6.61 Å². The van der Waals surface area contributed by atoms with Gasteiger partial charge in [-0.2, -0.15) is 0 Å². The Morgan fingerprint density at radius 1 is 1.24 bits per heavy atom. The van der Waals surface area contributed by atoms with Gasteiger partial charge in [0.05, 0.1) is 6.61 Å². The third kappa shape index (κ3) is 6.86. The summed E-state index contributed by atoms with van der Waals surface area (Å²) >= 11 is 0. The van der Waals surface area contributed by atoms with Gasteiger partial charge in [0.1, 0.15) is 5.75 Å². The number of rotatable bonds is 5. The van der Waals surface area contributed by atoms with Crippen LogP contribution in [-0.4, -0.2) is 13.6 Å². The minimum atomic E-state index is -4.94. The second kappa shape index (κ2) is 7.84. The summed E-state index contributed by atoms with van der Waals surface area (Å²) < 4.78 is 42.5. The van der Waals surface area contributed by atoms with Gasteiger partial charge in [0.25, 0.3) is 0 Å².